The standard InChI is InChI=1S/C19H32ClN5OS/c1-4-24(5-2)10-8-9-15(3)21-18(26)14-27-19-22-16(20)13-17(23-19)25-11-6-7-12-25/h13,15H,4-12,14H2,1-3H3,(H,21,26)/p+1/t15-/m0/s1. The number of anilines is 1. The van der Waals surface area contributed by atoms with Crippen molar-refractivity contribution in [1.82, 2.24) is 15.3 Å². The molecule has 2 heterocycles. The van der Waals surface area contributed by atoms with E-state index in [4.69, 9.17) is 11.6 Å². The molecule has 0 bridgehead atoms. The molecule has 27 heavy (non-hydrogen) atoms. The van der Waals surface area contributed by atoms with Crippen LogP contribution in [0, 0.1) is 0 Å². The van der Waals surface area contributed by atoms with E-state index in [1.165, 1.54) is 24.6 Å². The number of amides is 1. The van der Waals surface area contributed by atoms with Gasteiger partial charge in [-0.2, -0.15) is 0 Å². The van der Waals surface area contributed by atoms with Gasteiger partial charge in [-0.3, -0.25) is 4.79 Å². The zero-order chi connectivity index (χ0) is 19.6. The molecule has 0 radical (unpaired) electrons. The van der Waals surface area contributed by atoms with Crippen LogP contribution in [0.2, 0.25) is 5.15 Å². The van der Waals surface area contributed by atoms with Crippen LogP contribution in [-0.4, -0.2) is 60.4 Å². The first-order valence-electron chi connectivity index (χ1n) is 10.1. The highest BCUT2D eigenvalue weighted by molar-refractivity contribution is 7.99. The molecular weight excluding hydrogens is 382 g/mol. The molecule has 1 saturated heterocycles. The van der Waals surface area contributed by atoms with Gasteiger partial charge in [0.05, 0.1) is 25.4 Å². The first-order valence-corrected chi connectivity index (χ1v) is 11.4. The van der Waals surface area contributed by atoms with E-state index in [-0.39, 0.29) is 11.9 Å². The maximum Gasteiger partial charge on any atom is 0.230 e. The molecule has 152 valence electrons. The Balaban J connectivity index is 1.74. The minimum Gasteiger partial charge on any atom is -0.356 e. The second kappa shape index (κ2) is 11.7. The number of hydrogen-bond acceptors (Lipinski definition) is 5. The molecule has 0 spiro atoms. The molecule has 6 nitrogen and oxygen atoms in total. The van der Waals surface area contributed by atoms with Crippen LogP contribution in [0.4, 0.5) is 5.82 Å². The normalized spacial score (nSPS) is 15.4. The fraction of sp³-hybridized carbons (Fsp3) is 0.737. The van der Waals surface area contributed by atoms with Crippen LogP contribution in [-0.2, 0) is 4.79 Å². The summed E-state index contributed by atoms with van der Waals surface area (Å²) < 4.78 is 0. The Morgan fingerprint density at radius 3 is 2.70 bits per heavy atom. The van der Waals surface area contributed by atoms with Gasteiger partial charge >= 0.3 is 0 Å². The van der Waals surface area contributed by atoms with Gasteiger partial charge in [0, 0.05) is 25.2 Å². The summed E-state index contributed by atoms with van der Waals surface area (Å²) in [5, 5.41) is 4.08. The van der Waals surface area contributed by atoms with Crippen molar-refractivity contribution in [2.45, 2.75) is 57.7 Å². The minimum absolute atomic E-state index is 0.0222. The van der Waals surface area contributed by atoms with E-state index in [0.717, 1.165) is 51.4 Å². The predicted molar refractivity (Wildman–Crippen MR) is 113 cm³/mol. The van der Waals surface area contributed by atoms with Crippen molar-refractivity contribution < 1.29 is 9.69 Å². The van der Waals surface area contributed by atoms with E-state index in [9.17, 15) is 4.79 Å². The number of quaternary nitrogens is 1. The van der Waals surface area contributed by atoms with E-state index < -0.39 is 0 Å². The molecule has 1 aromatic heterocycles. The summed E-state index contributed by atoms with van der Waals surface area (Å²) in [5.74, 6) is 1.20. The molecule has 0 aromatic carbocycles. The summed E-state index contributed by atoms with van der Waals surface area (Å²) >= 11 is 7.49. The number of halogens is 1. The van der Waals surface area contributed by atoms with Crippen LogP contribution in [0.25, 0.3) is 0 Å². The molecule has 2 N–H and O–H groups in total. The van der Waals surface area contributed by atoms with Gasteiger partial charge in [0.15, 0.2) is 5.16 Å². The second-order valence-corrected chi connectivity index (χ2v) is 8.46. The summed E-state index contributed by atoms with van der Waals surface area (Å²) in [6.45, 7) is 12.0. The summed E-state index contributed by atoms with van der Waals surface area (Å²) in [7, 11) is 0. The second-order valence-electron chi connectivity index (χ2n) is 7.13. The maximum absolute atomic E-state index is 12.2. The molecular formula is C19H33ClN5OS+. The largest absolute Gasteiger partial charge is 0.356 e. The van der Waals surface area contributed by atoms with Crippen LogP contribution in [0.5, 0.6) is 0 Å². The van der Waals surface area contributed by atoms with E-state index in [0.29, 0.717) is 16.1 Å². The van der Waals surface area contributed by atoms with Crippen molar-refractivity contribution in [3.05, 3.63) is 11.2 Å². The molecule has 0 unspecified atom stereocenters. The van der Waals surface area contributed by atoms with Crippen molar-refractivity contribution in [3.8, 4) is 0 Å². The van der Waals surface area contributed by atoms with E-state index >= 15 is 0 Å². The molecule has 1 aliphatic heterocycles. The lowest BCUT2D eigenvalue weighted by Gasteiger charge is -2.18. The fourth-order valence-corrected chi connectivity index (χ4v) is 4.23. The molecule has 8 heteroatoms. The van der Waals surface area contributed by atoms with Gasteiger partial charge in [-0.25, -0.2) is 9.97 Å². The highest BCUT2D eigenvalue weighted by Crippen LogP contribution is 2.24. The molecule has 2 rings (SSSR count). The Morgan fingerprint density at radius 2 is 2.04 bits per heavy atom. The minimum atomic E-state index is 0.0222. The lowest BCUT2D eigenvalue weighted by Crippen LogP contribution is -3.11. The van der Waals surface area contributed by atoms with Crippen molar-refractivity contribution in [1.29, 1.82) is 0 Å². The van der Waals surface area contributed by atoms with E-state index in [1.807, 2.05) is 0 Å². The smallest absolute Gasteiger partial charge is 0.230 e. The van der Waals surface area contributed by atoms with Gasteiger partial charge in [-0.05, 0) is 46.5 Å². The highest BCUT2D eigenvalue weighted by Gasteiger charge is 2.16. The molecule has 0 saturated carbocycles. The first kappa shape index (κ1) is 22.2. The van der Waals surface area contributed by atoms with Gasteiger partial charge in [-0.1, -0.05) is 23.4 Å². The Morgan fingerprint density at radius 1 is 1.33 bits per heavy atom. The molecule has 1 aromatic rings. The predicted octanol–water partition coefficient (Wildman–Crippen LogP) is 2.03. The molecule has 0 aliphatic carbocycles. The number of hydrogen-bond donors (Lipinski definition) is 2. The van der Waals surface area contributed by atoms with Crippen molar-refractivity contribution in [2.75, 3.05) is 43.4 Å². The van der Waals surface area contributed by atoms with E-state index in [1.54, 1.807) is 11.0 Å². The fourth-order valence-electron chi connectivity index (χ4n) is 3.34. The van der Waals surface area contributed by atoms with Crippen LogP contribution in [0.15, 0.2) is 11.2 Å². The zero-order valence-electron chi connectivity index (χ0n) is 16.8. The third-order valence-electron chi connectivity index (χ3n) is 5.00. The van der Waals surface area contributed by atoms with E-state index in [2.05, 4.69) is 41.0 Å². The molecule has 1 atom stereocenters. The number of carbonyl (C=O) groups excluding carboxylic acids is 1. The third-order valence-corrected chi connectivity index (χ3v) is 6.04. The summed E-state index contributed by atoms with van der Waals surface area (Å²) in [6, 6.07) is 1.99. The number of carbonyl (C=O) groups is 1. The van der Waals surface area contributed by atoms with Crippen molar-refractivity contribution >= 4 is 35.1 Å². The van der Waals surface area contributed by atoms with Crippen molar-refractivity contribution in [2.24, 2.45) is 0 Å². The highest BCUT2D eigenvalue weighted by atomic mass is 35.5. The zero-order valence-corrected chi connectivity index (χ0v) is 18.3. The van der Waals surface area contributed by atoms with Gasteiger partial charge < -0.3 is 15.1 Å². The Labute approximate surface area is 172 Å². The van der Waals surface area contributed by atoms with Crippen LogP contribution in [0.3, 0.4) is 0 Å². The number of nitrogens with one attached hydrogen (secondary N) is 2. The molecule has 1 amide bonds. The van der Waals surface area contributed by atoms with Crippen LogP contribution < -0.4 is 15.1 Å². The molecule has 1 aliphatic rings. The Hall–Kier alpha value is -1.05. The topological polar surface area (TPSA) is 62.6 Å². The lowest BCUT2D eigenvalue weighted by molar-refractivity contribution is -0.896. The number of aromatic nitrogens is 2. The van der Waals surface area contributed by atoms with Gasteiger partial charge in [0.1, 0.15) is 11.0 Å². The average Bonchev–Trinajstić information content (AvgIpc) is 3.18. The monoisotopic (exact) mass is 414 g/mol. The molecule has 1 fully saturated rings. The number of nitrogens with zero attached hydrogens (tertiary/aromatic N) is 3. The Kier molecular flexibility index (Phi) is 9.65. The number of rotatable bonds is 11. The van der Waals surface area contributed by atoms with Crippen molar-refractivity contribution in [3.63, 3.8) is 0 Å². The summed E-state index contributed by atoms with van der Waals surface area (Å²) in [4.78, 5) is 24.9. The lowest BCUT2D eigenvalue weighted by atomic mass is 10.2. The quantitative estimate of drug-likeness (QED) is 0.329. The maximum atomic E-state index is 12.2. The SMILES string of the molecule is CC[NH+](CC)CCC[C@H](C)NC(=O)CSc1nc(Cl)cc(N2CCCC2)n1. The summed E-state index contributed by atoms with van der Waals surface area (Å²) in [5.41, 5.74) is 0. The first-order chi connectivity index (χ1) is 13.0. The van der Waals surface area contributed by atoms with Crippen LogP contribution >= 0.6 is 23.4 Å². The van der Waals surface area contributed by atoms with Gasteiger partial charge in [0.25, 0.3) is 0 Å². The third kappa shape index (κ3) is 7.84. The van der Waals surface area contributed by atoms with Crippen LogP contribution in [0.1, 0.15) is 46.5 Å². The number of thioether (sulfide) groups is 1. The average molecular weight is 415 g/mol. The summed E-state index contributed by atoms with van der Waals surface area (Å²) in [6.07, 6.45) is 4.50. The van der Waals surface area contributed by atoms with Gasteiger partial charge in [0.2, 0.25) is 5.91 Å². The Bertz CT molecular complexity index is 593. The van der Waals surface area contributed by atoms with Gasteiger partial charge in [-0.15, -0.1) is 0 Å².